The van der Waals surface area contributed by atoms with Crippen molar-refractivity contribution in [2.75, 3.05) is 0 Å². The summed E-state index contributed by atoms with van der Waals surface area (Å²) in [6.45, 7) is 0.943. The molecular weight excluding hydrogens is 355 g/mol. The molecular formula is C14H13F9O. The van der Waals surface area contributed by atoms with Crippen molar-refractivity contribution in [3.63, 3.8) is 0 Å². The Morgan fingerprint density at radius 1 is 0.750 bits per heavy atom. The van der Waals surface area contributed by atoms with Crippen molar-refractivity contribution in [3.8, 4) is 0 Å². The van der Waals surface area contributed by atoms with Crippen LogP contribution in [-0.2, 0) is 10.3 Å². The van der Waals surface area contributed by atoms with Crippen molar-refractivity contribution >= 4 is 0 Å². The standard InChI is InChI=1S/C14H13F9O/c1-3-10(2,12(15,16)17)24-11(13(18,19)20,14(21,22)23)9-7-5-4-6-8-9/h4-8H,3H2,1-2H3. The Balaban J connectivity index is 3.73. The van der Waals surface area contributed by atoms with Crippen molar-refractivity contribution in [1.82, 2.24) is 0 Å². The first-order valence-corrected chi connectivity index (χ1v) is 6.58. The lowest BCUT2D eigenvalue weighted by Crippen LogP contribution is -2.62. The maximum Gasteiger partial charge on any atom is 0.430 e. The molecule has 0 heterocycles. The molecule has 0 fully saturated rings. The van der Waals surface area contributed by atoms with Gasteiger partial charge in [0.25, 0.3) is 5.60 Å². The lowest BCUT2D eigenvalue weighted by atomic mass is 9.89. The van der Waals surface area contributed by atoms with Gasteiger partial charge in [-0.25, -0.2) is 0 Å². The molecule has 1 unspecified atom stereocenters. The minimum absolute atomic E-state index is 0.155. The molecule has 1 aromatic rings. The van der Waals surface area contributed by atoms with Crippen molar-refractivity contribution < 1.29 is 44.3 Å². The van der Waals surface area contributed by atoms with Crippen LogP contribution >= 0.6 is 0 Å². The van der Waals surface area contributed by atoms with E-state index >= 15 is 0 Å². The highest BCUT2D eigenvalue weighted by molar-refractivity contribution is 5.27. The maximum absolute atomic E-state index is 13.4. The summed E-state index contributed by atoms with van der Waals surface area (Å²) in [6, 6.07) is 3.67. The fourth-order valence-corrected chi connectivity index (χ4v) is 2.00. The summed E-state index contributed by atoms with van der Waals surface area (Å²) in [6.07, 6.45) is -18.9. The molecule has 0 aliphatic rings. The first-order chi connectivity index (χ1) is 10.6. The van der Waals surface area contributed by atoms with Gasteiger partial charge in [0.2, 0.25) is 0 Å². The Labute approximate surface area is 131 Å². The average Bonchev–Trinajstić information content (AvgIpc) is 2.41. The predicted molar refractivity (Wildman–Crippen MR) is 66.1 cm³/mol. The Morgan fingerprint density at radius 3 is 1.46 bits per heavy atom. The first kappa shape index (κ1) is 20.6. The lowest BCUT2D eigenvalue weighted by molar-refractivity contribution is -0.435. The third kappa shape index (κ3) is 3.33. The number of halogens is 9. The number of rotatable bonds is 4. The molecule has 1 nitrogen and oxygen atoms in total. The van der Waals surface area contributed by atoms with Gasteiger partial charge in [-0.3, -0.25) is 0 Å². The van der Waals surface area contributed by atoms with Gasteiger partial charge in [-0.05, 0) is 13.3 Å². The molecule has 0 aromatic heterocycles. The van der Waals surface area contributed by atoms with Crippen LogP contribution < -0.4 is 0 Å². The van der Waals surface area contributed by atoms with E-state index in [0.29, 0.717) is 12.1 Å². The quantitative estimate of drug-likeness (QED) is 0.615. The number of hydrogen-bond acceptors (Lipinski definition) is 1. The molecule has 0 N–H and O–H groups in total. The third-order valence-corrected chi connectivity index (χ3v) is 3.63. The van der Waals surface area contributed by atoms with E-state index < -0.39 is 41.7 Å². The second kappa shape index (κ2) is 6.12. The number of alkyl halides is 9. The van der Waals surface area contributed by atoms with Crippen LogP contribution in [-0.4, -0.2) is 24.1 Å². The monoisotopic (exact) mass is 368 g/mol. The molecule has 1 rings (SSSR count). The minimum atomic E-state index is -6.17. The molecule has 10 heteroatoms. The van der Waals surface area contributed by atoms with E-state index in [1.165, 1.54) is 0 Å². The van der Waals surface area contributed by atoms with E-state index in [-0.39, 0.29) is 6.92 Å². The van der Waals surface area contributed by atoms with Crippen molar-refractivity contribution in [2.45, 2.75) is 50.0 Å². The Morgan fingerprint density at radius 2 is 1.17 bits per heavy atom. The van der Waals surface area contributed by atoms with E-state index in [1.54, 1.807) is 0 Å². The third-order valence-electron chi connectivity index (χ3n) is 3.63. The van der Waals surface area contributed by atoms with Gasteiger partial charge in [-0.1, -0.05) is 37.3 Å². The fraction of sp³-hybridized carbons (Fsp3) is 0.571. The van der Waals surface area contributed by atoms with Crippen molar-refractivity contribution in [2.24, 2.45) is 0 Å². The van der Waals surface area contributed by atoms with Gasteiger partial charge in [0.05, 0.1) is 0 Å². The van der Waals surface area contributed by atoms with Crippen LogP contribution in [0.2, 0.25) is 0 Å². The van der Waals surface area contributed by atoms with Crippen LogP contribution in [0.25, 0.3) is 0 Å². The fourth-order valence-electron chi connectivity index (χ4n) is 2.00. The van der Waals surface area contributed by atoms with E-state index in [4.69, 9.17) is 0 Å². The molecule has 0 bridgehead atoms. The van der Waals surface area contributed by atoms with Crippen molar-refractivity contribution in [1.29, 1.82) is 0 Å². The summed E-state index contributed by atoms with van der Waals surface area (Å²) < 4.78 is 123. The smallest absolute Gasteiger partial charge is 0.338 e. The molecule has 0 saturated heterocycles. The van der Waals surface area contributed by atoms with Gasteiger partial charge < -0.3 is 4.74 Å². The van der Waals surface area contributed by atoms with Crippen LogP contribution in [0.4, 0.5) is 39.5 Å². The van der Waals surface area contributed by atoms with Crippen LogP contribution in [0.3, 0.4) is 0 Å². The maximum atomic E-state index is 13.4. The van der Waals surface area contributed by atoms with E-state index in [1.807, 2.05) is 0 Å². The molecule has 0 saturated carbocycles. The highest BCUT2D eigenvalue weighted by Gasteiger charge is 2.76. The van der Waals surface area contributed by atoms with Gasteiger partial charge >= 0.3 is 18.5 Å². The highest BCUT2D eigenvalue weighted by atomic mass is 19.4. The Bertz CT molecular complexity index is 530. The molecule has 0 radical (unpaired) electrons. The van der Waals surface area contributed by atoms with Gasteiger partial charge in [0.1, 0.15) is 0 Å². The van der Waals surface area contributed by atoms with Crippen LogP contribution in [0.1, 0.15) is 25.8 Å². The van der Waals surface area contributed by atoms with Crippen LogP contribution in [0, 0.1) is 0 Å². The van der Waals surface area contributed by atoms with E-state index in [2.05, 4.69) is 4.74 Å². The summed E-state index contributed by atoms with van der Waals surface area (Å²) in [5.74, 6) is 0. The molecule has 0 aliphatic heterocycles. The van der Waals surface area contributed by atoms with Crippen LogP contribution in [0.15, 0.2) is 30.3 Å². The summed E-state index contributed by atoms with van der Waals surface area (Å²) in [7, 11) is 0. The molecule has 24 heavy (non-hydrogen) atoms. The molecule has 1 aromatic carbocycles. The van der Waals surface area contributed by atoms with Gasteiger partial charge in [-0.2, -0.15) is 39.5 Å². The summed E-state index contributed by atoms with van der Waals surface area (Å²) in [4.78, 5) is 0. The number of ether oxygens (including phenoxy) is 1. The van der Waals surface area contributed by atoms with Gasteiger partial charge in [-0.15, -0.1) is 0 Å². The minimum Gasteiger partial charge on any atom is -0.338 e. The van der Waals surface area contributed by atoms with Gasteiger partial charge in [0.15, 0.2) is 5.60 Å². The zero-order chi connectivity index (χ0) is 19.0. The molecule has 1 atom stereocenters. The first-order valence-electron chi connectivity index (χ1n) is 6.58. The highest BCUT2D eigenvalue weighted by Crippen LogP contribution is 2.56. The Kier molecular flexibility index (Phi) is 5.25. The molecule has 0 amide bonds. The van der Waals surface area contributed by atoms with Gasteiger partial charge in [0, 0.05) is 5.56 Å². The molecule has 0 aliphatic carbocycles. The predicted octanol–water partition coefficient (Wildman–Crippen LogP) is 5.75. The van der Waals surface area contributed by atoms with Crippen LogP contribution in [0.5, 0.6) is 0 Å². The topological polar surface area (TPSA) is 9.23 Å². The zero-order valence-electron chi connectivity index (χ0n) is 12.4. The SMILES string of the molecule is CCC(C)(OC(c1ccccc1)(C(F)(F)F)C(F)(F)F)C(F)(F)F. The summed E-state index contributed by atoms with van der Waals surface area (Å²) >= 11 is 0. The second-order valence-corrected chi connectivity index (χ2v) is 5.23. The normalized spacial score (nSPS) is 16.8. The van der Waals surface area contributed by atoms with E-state index in [0.717, 1.165) is 25.1 Å². The average molecular weight is 368 g/mol. The van der Waals surface area contributed by atoms with E-state index in [9.17, 15) is 39.5 Å². The molecule has 138 valence electrons. The Hall–Kier alpha value is -1.45. The van der Waals surface area contributed by atoms with Crippen molar-refractivity contribution in [3.05, 3.63) is 35.9 Å². The largest absolute Gasteiger partial charge is 0.430 e. The summed E-state index contributed by atoms with van der Waals surface area (Å²) in [5, 5.41) is 0. The molecule has 0 spiro atoms. The summed E-state index contributed by atoms with van der Waals surface area (Å²) in [5.41, 5.74) is -10.2. The number of benzene rings is 1. The zero-order valence-corrected chi connectivity index (χ0v) is 12.4. The second-order valence-electron chi connectivity index (χ2n) is 5.23. The lowest BCUT2D eigenvalue weighted by Gasteiger charge is -2.44. The number of hydrogen-bond donors (Lipinski definition) is 0.